The second kappa shape index (κ2) is 23.3. The standard InChI is InChI=1S/C18H36O2.3CH3.Sn/c1-2-3-4-5-6-7-8-9-10-11-12-13-14-15-16-17-18(19)20;;;;/h2-17H2,1H3,(H,19,20);3*1H3;. The summed E-state index contributed by atoms with van der Waals surface area (Å²) < 4.78 is 0. The summed E-state index contributed by atoms with van der Waals surface area (Å²) in [6.07, 6.45) is 20.2. The molecule has 0 aromatic carbocycles. The van der Waals surface area contributed by atoms with Gasteiger partial charge in [-0.05, 0) is 6.42 Å². The van der Waals surface area contributed by atoms with Crippen LogP contribution in [-0.2, 0) is 4.79 Å². The Morgan fingerprint density at radius 1 is 0.625 bits per heavy atom. The number of unbranched alkanes of at least 4 members (excludes halogenated alkanes) is 14. The molecule has 0 fully saturated rings. The molecule has 1 N–H and O–H groups in total. The Labute approximate surface area is 159 Å². The maximum atomic E-state index is 10.3. The number of hydrogen-bond acceptors (Lipinski definition) is 1. The van der Waals surface area contributed by atoms with E-state index in [1.54, 1.807) is 0 Å². The predicted octanol–water partition coefficient (Wildman–Crippen LogP) is 7.70. The number of hydrogen-bond donors (Lipinski definition) is 1. The van der Waals surface area contributed by atoms with Crippen LogP contribution in [0.3, 0.4) is 0 Å². The molecule has 0 aromatic rings. The van der Waals surface area contributed by atoms with Gasteiger partial charge in [-0.3, -0.25) is 4.79 Å². The van der Waals surface area contributed by atoms with Crippen LogP contribution in [0.2, 0.25) is 14.8 Å². The average Bonchev–Trinajstić information content (AvgIpc) is 2.50. The van der Waals surface area contributed by atoms with Crippen molar-refractivity contribution in [3.05, 3.63) is 0 Å². The molecular weight excluding hydrogens is 403 g/mol. The first-order chi connectivity index (χ1) is 11.5. The summed E-state index contributed by atoms with van der Waals surface area (Å²) in [5, 5.41) is 8.52. The fourth-order valence-electron chi connectivity index (χ4n) is 2.65. The van der Waals surface area contributed by atoms with Gasteiger partial charge in [0.1, 0.15) is 0 Å². The van der Waals surface area contributed by atoms with Gasteiger partial charge in [-0.15, -0.1) is 0 Å². The normalized spacial score (nSPS) is 10.5. The molecule has 145 valence electrons. The van der Waals surface area contributed by atoms with Gasteiger partial charge in [-0.2, -0.15) is 0 Å². The molecular formula is C21H45O2Sn. The monoisotopic (exact) mass is 449 g/mol. The van der Waals surface area contributed by atoms with Crippen molar-refractivity contribution in [3.63, 3.8) is 0 Å². The predicted molar refractivity (Wildman–Crippen MR) is 111 cm³/mol. The molecule has 0 aromatic heterocycles. The second-order valence-electron chi connectivity index (χ2n) is 7.59. The third-order valence-corrected chi connectivity index (χ3v) is 3.99. The van der Waals surface area contributed by atoms with Gasteiger partial charge < -0.3 is 5.11 Å². The Kier molecular flexibility index (Phi) is 25.7. The Morgan fingerprint density at radius 3 is 1.12 bits per heavy atom. The van der Waals surface area contributed by atoms with E-state index in [4.69, 9.17) is 5.11 Å². The summed E-state index contributed by atoms with van der Waals surface area (Å²) in [5.74, 6) is -0.653. The van der Waals surface area contributed by atoms with Crippen molar-refractivity contribution in [2.45, 2.75) is 124 Å². The number of aliphatic carboxylic acids is 1. The van der Waals surface area contributed by atoms with Crippen molar-refractivity contribution < 1.29 is 9.90 Å². The summed E-state index contributed by atoms with van der Waals surface area (Å²) in [6.45, 7) is 2.27. The molecule has 0 aliphatic carbocycles. The van der Waals surface area contributed by atoms with Crippen LogP contribution in [-0.4, -0.2) is 30.8 Å². The van der Waals surface area contributed by atoms with Crippen molar-refractivity contribution in [1.82, 2.24) is 0 Å². The molecule has 24 heavy (non-hydrogen) atoms. The van der Waals surface area contributed by atoms with Crippen molar-refractivity contribution in [2.75, 3.05) is 0 Å². The van der Waals surface area contributed by atoms with Crippen molar-refractivity contribution >= 4 is 25.7 Å². The summed E-state index contributed by atoms with van der Waals surface area (Å²) in [5.41, 5.74) is 0. The molecule has 3 heteroatoms. The van der Waals surface area contributed by atoms with Crippen LogP contribution in [0.4, 0.5) is 0 Å². The van der Waals surface area contributed by atoms with Crippen LogP contribution >= 0.6 is 0 Å². The zero-order chi connectivity index (χ0) is 18.5. The second-order valence-corrected chi connectivity index (χ2v) is 16.2. The molecule has 0 saturated carbocycles. The Bertz CT molecular complexity index is 239. The molecule has 1 radical (unpaired) electrons. The minimum absolute atomic E-state index is 0.345. The van der Waals surface area contributed by atoms with E-state index < -0.39 is 25.7 Å². The van der Waals surface area contributed by atoms with Gasteiger partial charge in [0, 0.05) is 6.42 Å². The van der Waals surface area contributed by atoms with E-state index in [1.807, 2.05) is 0 Å². The number of rotatable bonds is 16. The molecule has 0 heterocycles. The van der Waals surface area contributed by atoms with E-state index >= 15 is 0 Å². The Balaban J connectivity index is 0. The van der Waals surface area contributed by atoms with E-state index in [2.05, 4.69) is 21.7 Å². The summed E-state index contributed by atoms with van der Waals surface area (Å²) in [4.78, 5) is 17.4. The van der Waals surface area contributed by atoms with E-state index in [1.165, 1.54) is 83.5 Å². The summed E-state index contributed by atoms with van der Waals surface area (Å²) >= 11 is -0.543. The first kappa shape index (κ1) is 26.5. The molecule has 0 spiro atoms. The fourth-order valence-corrected chi connectivity index (χ4v) is 2.65. The molecule has 0 atom stereocenters. The average molecular weight is 448 g/mol. The molecule has 0 rings (SSSR count). The van der Waals surface area contributed by atoms with Gasteiger partial charge in [-0.25, -0.2) is 0 Å². The van der Waals surface area contributed by atoms with Gasteiger partial charge in [0.2, 0.25) is 0 Å². The first-order valence-electron chi connectivity index (χ1n) is 10.5. The first-order valence-corrected chi connectivity index (χ1v) is 19.1. The van der Waals surface area contributed by atoms with Crippen molar-refractivity contribution in [3.8, 4) is 0 Å². The van der Waals surface area contributed by atoms with Gasteiger partial charge in [-0.1, -0.05) is 96.8 Å². The van der Waals surface area contributed by atoms with Gasteiger partial charge in [0.15, 0.2) is 0 Å². The van der Waals surface area contributed by atoms with Crippen LogP contribution in [0.5, 0.6) is 0 Å². The van der Waals surface area contributed by atoms with E-state index in [9.17, 15) is 4.79 Å². The number of carboxylic acid groups (broad SMARTS) is 1. The van der Waals surface area contributed by atoms with Crippen LogP contribution in [0, 0.1) is 0 Å². The molecule has 0 aliphatic rings. The zero-order valence-corrected chi connectivity index (χ0v) is 20.0. The fraction of sp³-hybridized carbons (Fsp3) is 0.952. The number of carbonyl (C=O) groups is 1. The van der Waals surface area contributed by atoms with Crippen LogP contribution in [0.1, 0.15) is 110 Å². The van der Waals surface area contributed by atoms with E-state index in [-0.39, 0.29) is 0 Å². The summed E-state index contributed by atoms with van der Waals surface area (Å²) in [6, 6.07) is 0. The Morgan fingerprint density at radius 2 is 0.875 bits per heavy atom. The SMILES string of the molecule is CCCCCCCCCCCCCCCCCC(=O)O.[CH3][Sn]([CH3])[CH3]. The van der Waals surface area contributed by atoms with Crippen molar-refractivity contribution in [1.29, 1.82) is 0 Å². The topological polar surface area (TPSA) is 37.3 Å². The number of carboxylic acids is 1. The van der Waals surface area contributed by atoms with E-state index in [0.29, 0.717) is 6.42 Å². The van der Waals surface area contributed by atoms with Crippen molar-refractivity contribution in [2.24, 2.45) is 0 Å². The van der Waals surface area contributed by atoms with Gasteiger partial charge in [0.25, 0.3) is 0 Å². The third-order valence-electron chi connectivity index (χ3n) is 3.99. The molecule has 0 amide bonds. The molecule has 0 unspecified atom stereocenters. The van der Waals surface area contributed by atoms with E-state index in [0.717, 1.165) is 12.8 Å². The molecule has 0 aliphatic heterocycles. The van der Waals surface area contributed by atoms with Crippen LogP contribution in [0.15, 0.2) is 0 Å². The van der Waals surface area contributed by atoms with Crippen LogP contribution in [0.25, 0.3) is 0 Å². The maximum absolute atomic E-state index is 10.3. The molecule has 0 bridgehead atoms. The third kappa shape index (κ3) is 33.8. The molecule has 0 saturated heterocycles. The van der Waals surface area contributed by atoms with Gasteiger partial charge in [0.05, 0.1) is 0 Å². The summed E-state index contributed by atoms with van der Waals surface area (Å²) in [7, 11) is 0. The minimum atomic E-state index is -0.653. The van der Waals surface area contributed by atoms with Gasteiger partial charge >= 0.3 is 40.5 Å². The van der Waals surface area contributed by atoms with Crippen LogP contribution < -0.4 is 0 Å². The molecule has 2 nitrogen and oxygen atoms in total. The Hall–Kier alpha value is 0.269. The quantitative estimate of drug-likeness (QED) is 0.194. The zero-order valence-electron chi connectivity index (χ0n) is 17.2.